The largest absolute Gasteiger partial charge is 0.465 e. The van der Waals surface area contributed by atoms with Crippen LogP contribution in [0, 0.1) is 11.8 Å². The van der Waals surface area contributed by atoms with E-state index in [2.05, 4.69) is 0 Å². The van der Waals surface area contributed by atoms with Gasteiger partial charge in [-0.25, -0.2) is 9.59 Å². The molecule has 124 valence electrons. The predicted molar refractivity (Wildman–Crippen MR) is 84.2 cm³/mol. The summed E-state index contributed by atoms with van der Waals surface area (Å²) in [5.74, 6) is -0.383. The van der Waals surface area contributed by atoms with Gasteiger partial charge in [0.25, 0.3) is 0 Å². The van der Waals surface area contributed by atoms with Crippen molar-refractivity contribution >= 4 is 11.9 Å². The second-order valence-electron chi connectivity index (χ2n) is 6.48. The van der Waals surface area contributed by atoms with Gasteiger partial charge in [0.05, 0.1) is 14.2 Å². The standard InChI is InChI=1S/C18H28O4/c1-21-17(19)16(18(20)22-2)15(13-9-5-3-6-10-13)14-11-7-4-8-12-14/h13-14H,3-12H2,1-2H3. The molecule has 2 aliphatic carbocycles. The Morgan fingerprint density at radius 3 is 1.36 bits per heavy atom. The van der Waals surface area contributed by atoms with Crippen LogP contribution >= 0.6 is 0 Å². The second-order valence-corrected chi connectivity index (χ2v) is 6.48. The fraction of sp³-hybridized carbons (Fsp3) is 0.778. The molecule has 22 heavy (non-hydrogen) atoms. The lowest BCUT2D eigenvalue weighted by Gasteiger charge is -2.33. The quantitative estimate of drug-likeness (QED) is 0.343. The maximum atomic E-state index is 12.3. The van der Waals surface area contributed by atoms with E-state index >= 15 is 0 Å². The Balaban J connectivity index is 2.42. The molecule has 0 aliphatic heterocycles. The Morgan fingerprint density at radius 2 is 1.05 bits per heavy atom. The molecule has 2 saturated carbocycles. The summed E-state index contributed by atoms with van der Waals surface area (Å²) < 4.78 is 9.80. The van der Waals surface area contributed by atoms with E-state index in [0.717, 1.165) is 31.3 Å². The molecule has 0 heterocycles. The van der Waals surface area contributed by atoms with Gasteiger partial charge in [0.1, 0.15) is 5.57 Å². The number of hydrogen-bond acceptors (Lipinski definition) is 4. The number of allylic oxidation sites excluding steroid dienone is 1. The number of rotatable bonds is 4. The van der Waals surface area contributed by atoms with Gasteiger partial charge >= 0.3 is 11.9 Å². The lowest BCUT2D eigenvalue weighted by Crippen LogP contribution is -2.27. The third kappa shape index (κ3) is 3.90. The molecule has 0 bridgehead atoms. The highest BCUT2D eigenvalue weighted by Gasteiger charge is 2.34. The van der Waals surface area contributed by atoms with Gasteiger partial charge in [0.15, 0.2) is 0 Å². The molecule has 0 spiro atoms. The van der Waals surface area contributed by atoms with Gasteiger partial charge in [-0.3, -0.25) is 0 Å². The van der Waals surface area contributed by atoms with Crippen LogP contribution in [0.2, 0.25) is 0 Å². The average molecular weight is 308 g/mol. The summed E-state index contributed by atoms with van der Waals surface area (Å²) in [6.07, 6.45) is 11.5. The van der Waals surface area contributed by atoms with Crippen LogP contribution < -0.4 is 0 Å². The number of hydrogen-bond donors (Lipinski definition) is 0. The van der Waals surface area contributed by atoms with Crippen LogP contribution in [-0.2, 0) is 19.1 Å². The summed E-state index contributed by atoms with van der Waals surface area (Å²) in [6.45, 7) is 0. The van der Waals surface area contributed by atoms with E-state index in [-0.39, 0.29) is 5.57 Å². The van der Waals surface area contributed by atoms with Crippen molar-refractivity contribution in [2.75, 3.05) is 14.2 Å². The number of esters is 2. The molecule has 4 heteroatoms. The van der Waals surface area contributed by atoms with E-state index in [1.165, 1.54) is 52.7 Å². The Morgan fingerprint density at radius 1 is 0.682 bits per heavy atom. The van der Waals surface area contributed by atoms with Crippen LogP contribution in [0.4, 0.5) is 0 Å². The molecule has 2 rings (SSSR count). The Kier molecular flexibility index (Phi) is 6.47. The molecule has 2 aliphatic rings. The van der Waals surface area contributed by atoms with E-state index < -0.39 is 11.9 Å². The highest BCUT2D eigenvalue weighted by molar-refractivity contribution is 6.14. The zero-order chi connectivity index (χ0) is 15.9. The highest BCUT2D eigenvalue weighted by Crippen LogP contribution is 2.41. The normalized spacial score (nSPS) is 20.3. The van der Waals surface area contributed by atoms with Gasteiger partial charge in [-0.15, -0.1) is 0 Å². The summed E-state index contributed by atoms with van der Waals surface area (Å²) in [7, 11) is 2.68. The fourth-order valence-electron chi connectivity index (χ4n) is 4.09. The molecule has 4 nitrogen and oxygen atoms in total. The van der Waals surface area contributed by atoms with E-state index in [4.69, 9.17) is 9.47 Å². The molecule has 0 radical (unpaired) electrons. The van der Waals surface area contributed by atoms with E-state index in [0.29, 0.717) is 11.8 Å². The number of methoxy groups -OCH3 is 2. The first-order chi connectivity index (χ1) is 10.7. The molecule has 0 atom stereocenters. The fourth-order valence-corrected chi connectivity index (χ4v) is 4.09. The predicted octanol–water partition coefficient (Wildman–Crippen LogP) is 3.79. The average Bonchev–Trinajstić information content (AvgIpc) is 2.59. The van der Waals surface area contributed by atoms with E-state index in [9.17, 15) is 9.59 Å². The van der Waals surface area contributed by atoms with Crippen molar-refractivity contribution < 1.29 is 19.1 Å². The van der Waals surface area contributed by atoms with Crippen molar-refractivity contribution in [3.8, 4) is 0 Å². The minimum absolute atomic E-state index is 0.184. The zero-order valence-electron chi connectivity index (χ0n) is 13.9. The molecule has 0 aromatic carbocycles. The van der Waals surface area contributed by atoms with Gasteiger partial charge in [0.2, 0.25) is 0 Å². The van der Waals surface area contributed by atoms with Gasteiger partial charge in [-0.05, 0) is 43.1 Å². The van der Waals surface area contributed by atoms with Gasteiger partial charge in [-0.2, -0.15) is 0 Å². The molecular weight excluding hydrogens is 280 g/mol. The summed E-state index contributed by atoms with van der Waals surface area (Å²) in [4.78, 5) is 24.5. The first kappa shape index (κ1) is 17.0. The van der Waals surface area contributed by atoms with Crippen molar-refractivity contribution in [1.82, 2.24) is 0 Å². The Labute approximate surface area is 133 Å². The third-order valence-corrected chi connectivity index (χ3v) is 5.16. The van der Waals surface area contributed by atoms with Crippen molar-refractivity contribution in [3.05, 3.63) is 11.1 Å². The minimum atomic E-state index is -0.530. The third-order valence-electron chi connectivity index (χ3n) is 5.16. The van der Waals surface area contributed by atoms with Crippen molar-refractivity contribution in [2.24, 2.45) is 11.8 Å². The monoisotopic (exact) mass is 308 g/mol. The molecule has 2 fully saturated rings. The van der Waals surface area contributed by atoms with Crippen molar-refractivity contribution in [2.45, 2.75) is 64.2 Å². The van der Waals surface area contributed by atoms with Crippen LogP contribution in [0.25, 0.3) is 0 Å². The van der Waals surface area contributed by atoms with Crippen LogP contribution in [-0.4, -0.2) is 26.2 Å². The van der Waals surface area contributed by atoms with Crippen LogP contribution in [0.1, 0.15) is 64.2 Å². The van der Waals surface area contributed by atoms with Crippen LogP contribution in [0.5, 0.6) is 0 Å². The van der Waals surface area contributed by atoms with Crippen LogP contribution in [0.15, 0.2) is 11.1 Å². The summed E-state index contributed by atoms with van der Waals surface area (Å²) in [6, 6.07) is 0. The number of carbonyl (C=O) groups excluding carboxylic acids is 2. The van der Waals surface area contributed by atoms with Crippen molar-refractivity contribution in [1.29, 1.82) is 0 Å². The summed E-state index contributed by atoms with van der Waals surface area (Å²) >= 11 is 0. The molecule has 0 aromatic heterocycles. The maximum Gasteiger partial charge on any atom is 0.345 e. The highest BCUT2D eigenvalue weighted by atomic mass is 16.5. The Bertz CT molecular complexity index is 388. The Hall–Kier alpha value is -1.32. The zero-order valence-corrected chi connectivity index (χ0v) is 13.9. The summed E-state index contributed by atoms with van der Waals surface area (Å²) in [5.41, 5.74) is 1.22. The van der Waals surface area contributed by atoms with E-state index in [1.54, 1.807) is 0 Å². The van der Waals surface area contributed by atoms with Gasteiger partial charge in [-0.1, -0.05) is 38.5 Å². The topological polar surface area (TPSA) is 52.6 Å². The molecular formula is C18H28O4. The summed E-state index contributed by atoms with van der Waals surface area (Å²) in [5, 5.41) is 0. The molecule has 0 N–H and O–H groups in total. The molecule has 0 saturated heterocycles. The number of carbonyl (C=O) groups is 2. The van der Waals surface area contributed by atoms with Crippen molar-refractivity contribution in [3.63, 3.8) is 0 Å². The lowest BCUT2D eigenvalue weighted by atomic mass is 9.72. The van der Waals surface area contributed by atoms with Gasteiger partial charge in [0, 0.05) is 0 Å². The molecule has 0 aromatic rings. The smallest absolute Gasteiger partial charge is 0.345 e. The van der Waals surface area contributed by atoms with Gasteiger partial charge < -0.3 is 9.47 Å². The minimum Gasteiger partial charge on any atom is -0.465 e. The first-order valence-electron chi connectivity index (χ1n) is 8.59. The van der Waals surface area contributed by atoms with E-state index in [1.807, 2.05) is 0 Å². The maximum absolute atomic E-state index is 12.3. The molecule has 0 unspecified atom stereocenters. The lowest BCUT2D eigenvalue weighted by molar-refractivity contribution is -0.144. The van der Waals surface area contributed by atoms with Crippen LogP contribution in [0.3, 0.4) is 0 Å². The second kappa shape index (κ2) is 8.35. The molecule has 0 amide bonds. The SMILES string of the molecule is COC(=O)C(C(=O)OC)=C(C1CCCCC1)C1CCCCC1. The number of ether oxygens (including phenoxy) is 2. The first-order valence-corrected chi connectivity index (χ1v) is 8.59.